The fourth-order valence-corrected chi connectivity index (χ4v) is 2.92. The van der Waals surface area contributed by atoms with Crippen LogP contribution in [0.15, 0.2) is 48.5 Å². The molecule has 1 aliphatic rings. The van der Waals surface area contributed by atoms with E-state index in [9.17, 15) is 30.3 Å². The number of carboxylic acid groups (broad SMARTS) is 1. The van der Waals surface area contributed by atoms with E-state index in [-0.39, 0.29) is 11.3 Å². The first-order valence-corrected chi connectivity index (χ1v) is 8.32. The Morgan fingerprint density at radius 2 is 1.74 bits per heavy atom. The highest BCUT2D eigenvalue weighted by molar-refractivity contribution is 5.89. The quantitative estimate of drug-likeness (QED) is 0.500. The molecule has 144 valence electrons. The Labute approximate surface area is 154 Å². The van der Waals surface area contributed by atoms with Crippen molar-refractivity contribution in [3.05, 3.63) is 54.1 Å². The van der Waals surface area contributed by atoms with Gasteiger partial charge in [0.05, 0.1) is 12.2 Å². The van der Waals surface area contributed by atoms with Crippen LogP contribution in [0.3, 0.4) is 0 Å². The van der Waals surface area contributed by atoms with E-state index in [1.54, 1.807) is 36.4 Å². The molecule has 0 aliphatic carbocycles. The molecule has 1 heterocycles. The van der Waals surface area contributed by atoms with Crippen LogP contribution >= 0.6 is 0 Å². The van der Waals surface area contributed by atoms with Crippen LogP contribution in [0.1, 0.15) is 10.4 Å². The molecule has 8 heteroatoms. The summed E-state index contributed by atoms with van der Waals surface area (Å²) in [7, 11) is 0. The molecule has 27 heavy (non-hydrogen) atoms. The molecule has 2 aromatic rings. The summed E-state index contributed by atoms with van der Waals surface area (Å²) in [6.07, 6.45) is -6.99. The highest BCUT2D eigenvalue weighted by Gasteiger charge is 2.44. The topological polar surface area (TPSA) is 137 Å². The Balaban J connectivity index is 1.90. The largest absolute Gasteiger partial charge is 0.478 e. The van der Waals surface area contributed by atoms with Gasteiger partial charge in [-0.25, -0.2) is 4.79 Å². The predicted octanol–water partition coefficient (Wildman–Crippen LogP) is 0.230. The van der Waals surface area contributed by atoms with Crippen molar-refractivity contribution in [1.29, 1.82) is 0 Å². The van der Waals surface area contributed by atoms with Crippen LogP contribution in [-0.4, -0.2) is 68.8 Å². The molecular formula is C19H20O8. The van der Waals surface area contributed by atoms with Crippen LogP contribution in [0.2, 0.25) is 0 Å². The molecule has 4 unspecified atom stereocenters. The lowest BCUT2D eigenvalue weighted by Crippen LogP contribution is -2.60. The Morgan fingerprint density at radius 1 is 1.00 bits per heavy atom. The third-order valence-corrected chi connectivity index (χ3v) is 4.40. The summed E-state index contributed by atoms with van der Waals surface area (Å²) in [6, 6.07) is 13.0. The van der Waals surface area contributed by atoms with Gasteiger partial charge in [-0.1, -0.05) is 30.3 Å². The number of para-hydroxylation sites is 1. The fraction of sp³-hybridized carbons (Fsp3) is 0.316. The molecule has 0 bridgehead atoms. The number of hydrogen-bond acceptors (Lipinski definition) is 7. The number of ether oxygens (including phenoxy) is 2. The average molecular weight is 376 g/mol. The molecule has 0 amide bonds. The monoisotopic (exact) mass is 376 g/mol. The van der Waals surface area contributed by atoms with Gasteiger partial charge < -0.3 is 35.0 Å². The van der Waals surface area contributed by atoms with Gasteiger partial charge in [0.15, 0.2) is 0 Å². The smallest absolute Gasteiger partial charge is 0.335 e. The van der Waals surface area contributed by atoms with Crippen LogP contribution in [-0.2, 0) is 4.74 Å². The summed E-state index contributed by atoms with van der Waals surface area (Å²) >= 11 is 0. The lowest BCUT2D eigenvalue weighted by molar-refractivity contribution is -0.277. The van der Waals surface area contributed by atoms with Crippen molar-refractivity contribution in [2.75, 3.05) is 6.61 Å². The molecule has 1 aliphatic heterocycles. The van der Waals surface area contributed by atoms with E-state index in [4.69, 9.17) is 9.47 Å². The van der Waals surface area contributed by atoms with Crippen LogP contribution < -0.4 is 4.74 Å². The van der Waals surface area contributed by atoms with Gasteiger partial charge in [0, 0.05) is 5.56 Å². The van der Waals surface area contributed by atoms with E-state index < -0.39 is 43.3 Å². The second kappa shape index (κ2) is 8.03. The number of carbonyl (C=O) groups is 1. The molecule has 1 fully saturated rings. The first-order chi connectivity index (χ1) is 12.9. The van der Waals surface area contributed by atoms with E-state index in [2.05, 4.69) is 0 Å². The molecule has 0 saturated carbocycles. The van der Waals surface area contributed by atoms with E-state index in [1.165, 1.54) is 12.1 Å². The third kappa shape index (κ3) is 3.95. The maximum Gasteiger partial charge on any atom is 0.335 e. The minimum atomic E-state index is -1.55. The Morgan fingerprint density at radius 3 is 2.44 bits per heavy atom. The second-order valence-corrected chi connectivity index (χ2v) is 6.20. The van der Waals surface area contributed by atoms with Crippen molar-refractivity contribution in [3.63, 3.8) is 0 Å². The highest BCUT2D eigenvalue weighted by Crippen LogP contribution is 2.33. The average Bonchev–Trinajstić information content (AvgIpc) is 2.69. The molecule has 3 rings (SSSR count). The van der Waals surface area contributed by atoms with E-state index >= 15 is 0 Å². The number of rotatable bonds is 5. The number of hydrogen-bond donors (Lipinski definition) is 5. The zero-order valence-corrected chi connectivity index (χ0v) is 14.2. The molecule has 2 aromatic carbocycles. The summed E-state index contributed by atoms with van der Waals surface area (Å²) in [5.74, 6) is -0.784. The van der Waals surface area contributed by atoms with Gasteiger partial charge >= 0.3 is 5.97 Å². The third-order valence-electron chi connectivity index (χ3n) is 4.40. The standard InChI is InChI=1S/C19H20O8/c20-9-14-15(21)16(22)17(23)19(27-14)26-13-7-2-1-6-12(13)10-4-3-5-11(8-10)18(24)25/h1-8,14-17,19-23H,9H2,(H,24,25)/t14-,15?,16?,17?,19?/m1/s1. The van der Waals surface area contributed by atoms with Gasteiger partial charge in [-0.3, -0.25) is 0 Å². The SMILES string of the molecule is O=C(O)c1cccc(-c2ccccc2OC2O[C@H](CO)C(O)C(O)C2O)c1. The predicted molar refractivity (Wildman–Crippen MR) is 93.2 cm³/mol. The lowest BCUT2D eigenvalue weighted by atomic mass is 9.99. The highest BCUT2D eigenvalue weighted by atomic mass is 16.7. The second-order valence-electron chi connectivity index (χ2n) is 6.20. The lowest BCUT2D eigenvalue weighted by Gasteiger charge is -2.39. The number of carboxylic acids is 1. The van der Waals surface area contributed by atoms with Crippen LogP contribution in [0.5, 0.6) is 5.75 Å². The van der Waals surface area contributed by atoms with Crippen molar-refractivity contribution in [1.82, 2.24) is 0 Å². The summed E-state index contributed by atoms with van der Waals surface area (Å²) in [5.41, 5.74) is 1.24. The first kappa shape index (κ1) is 19.3. The molecule has 0 spiro atoms. The maximum atomic E-state index is 11.2. The fourth-order valence-electron chi connectivity index (χ4n) is 2.92. The number of aliphatic hydroxyl groups excluding tert-OH is 4. The van der Waals surface area contributed by atoms with Gasteiger partial charge in [0.1, 0.15) is 30.2 Å². The van der Waals surface area contributed by atoms with E-state index in [1.807, 2.05) is 0 Å². The van der Waals surface area contributed by atoms with Crippen LogP contribution in [0.25, 0.3) is 11.1 Å². The number of benzene rings is 2. The van der Waals surface area contributed by atoms with Gasteiger partial charge in [-0.15, -0.1) is 0 Å². The van der Waals surface area contributed by atoms with Crippen molar-refractivity contribution in [2.24, 2.45) is 0 Å². The minimum Gasteiger partial charge on any atom is -0.478 e. The molecule has 5 N–H and O–H groups in total. The van der Waals surface area contributed by atoms with Crippen molar-refractivity contribution in [3.8, 4) is 16.9 Å². The number of aromatic carboxylic acids is 1. The van der Waals surface area contributed by atoms with Crippen LogP contribution in [0, 0.1) is 0 Å². The first-order valence-electron chi connectivity index (χ1n) is 8.32. The zero-order chi connectivity index (χ0) is 19.6. The van der Waals surface area contributed by atoms with Gasteiger partial charge in [0.25, 0.3) is 0 Å². The van der Waals surface area contributed by atoms with Crippen molar-refractivity contribution < 1.29 is 39.8 Å². The molecule has 1 saturated heterocycles. The minimum absolute atomic E-state index is 0.107. The van der Waals surface area contributed by atoms with Crippen molar-refractivity contribution >= 4 is 5.97 Å². The zero-order valence-electron chi connectivity index (χ0n) is 14.2. The van der Waals surface area contributed by atoms with Gasteiger partial charge in [0.2, 0.25) is 6.29 Å². The van der Waals surface area contributed by atoms with Gasteiger partial charge in [-0.2, -0.15) is 0 Å². The summed E-state index contributed by atoms with van der Waals surface area (Å²) in [5, 5.41) is 48.3. The van der Waals surface area contributed by atoms with Crippen LogP contribution in [0.4, 0.5) is 0 Å². The Bertz CT molecular complexity index is 806. The molecule has 8 nitrogen and oxygen atoms in total. The van der Waals surface area contributed by atoms with E-state index in [0.717, 1.165) is 0 Å². The molecule has 0 radical (unpaired) electrons. The Kier molecular flexibility index (Phi) is 5.73. The van der Waals surface area contributed by atoms with E-state index in [0.29, 0.717) is 11.1 Å². The molecule has 0 aromatic heterocycles. The number of aliphatic hydroxyl groups is 4. The molecule has 5 atom stereocenters. The maximum absolute atomic E-state index is 11.2. The summed E-state index contributed by atoms with van der Waals surface area (Å²) in [4.78, 5) is 11.2. The Hall–Kier alpha value is -2.49. The van der Waals surface area contributed by atoms with Crippen molar-refractivity contribution in [2.45, 2.75) is 30.7 Å². The van der Waals surface area contributed by atoms with Gasteiger partial charge in [-0.05, 0) is 23.8 Å². The normalized spacial score (nSPS) is 27.9. The summed E-state index contributed by atoms with van der Waals surface area (Å²) in [6.45, 7) is -0.562. The summed E-state index contributed by atoms with van der Waals surface area (Å²) < 4.78 is 11.1. The molecular weight excluding hydrogens is 356 g/mol.